The molecule has 0 aromatic heterocycles. The molecule has 6 N–H and O–H groups in total. The van der Waals surface area contributed by atoms with Gasteiger partial charge in [-0.15, -0.1) is 0 Å². The van der Waals surface area contributed by atoms with Gasteiger partial charge in [0.15, 0.2) is 0 Å². The fraction of sp³-hybridized carbons (Fsp3) is 0.625. The van der Waals surface area contributed by atoms with E-state index in [-0.39, 0.29) is 6.61 Å². The van der Waals surface area contributed by atoms with Crippen LogP contribution < -0.4 is 16.8 Å². The van der Waals surface area contributed by atoms with Crippen LogP contribution in [0.4, 0.5) is 0 Å². The van der Waals surface area contributed by atoms with Crippen molar-refractivity contribution in [2.45, 2.75) is 18.5 Å². The van der Waals surface area contributed by atoms with Crippen LogP contribution in [-0.4, -0.2) is 48.7 Å². The van der Waals surface area contributed by atoms with E-state index in [9.17, 15) is 14.4 Å². The van der Waals surface area contributed by atoms with Gasteiger partial charge in [0.05, 0.1) is 13.0 Å². The molecule has 8 nitrogen and oxygen atoms in total. The topological polar surface area (TPSA) is 145 Å². The number of aliphatic carboxylic acids is 1. The Labute approximate surface area is 91.9 Å². The van der Waals surface area contributed by atoms with Gasteiger partial charge in [0.25, 0.3) is 0 Å². The Balaban J connectivity index is 4.34. The smallest absolute Gasteiger partial charge is 0.326 e. The number of nitrogens with one attached hydrogen (secondary N) is 1. The summed E-state index contributed by atoms with van der Waals surface area (Å²) in [5.41, 5.74) is 10.2. The minimum Gasteiger partial charge on any atom is -0.480 e. The van der Waals surface area contributed by atoms with Crippen molar-refractivity contribution < 1.29 is 24.2 Å². The van der Waals surface area contributed by atoms with Crippen molar-refractivity contribution in [1.29, 1.82) is 0 Å². The molecule has 2 atom stereocenters. The second-order valence-corrected chi connectivity index (χ2v) is 3.13. The largest absolute Gasteiger partial charge is 0.480 e. The molecule has 92 valence electrons. The molecule has 2 amide bonds. The van der Waals surface area contributed by atoms with Crippen molar-refractivity contribution in [2.75, 3.05) is 13.7 Å². The van der Waals surface area contributed by atoms with Crippen molar-refractivity contribution in [2.24, 2.45) is 11.5 Å². The maximum atomic E-state index is 11.3. The summed E-state index contributed by atoms with van der Waals surface area (Å²) in [7, 11) is 1.35. The number of carboxylic acid groups (broad SMARTS) is 1. The molecule has 0 aliphatic rings. The van der Waals surface area contributed by atoms with E-state index in [0.717, 1.165) is 0 Å². The van der Waals surface area contributed by atoms with Crippen LogP contribution in [0.3, 0.4) is 0 Å². The number of ether oxygens (including phenoxy) is 1. The summed E-state index contributed by atoms with van der Waals surface area (Å²) >= 11 is 0. The number of nitrogens with two attached hydrogens (primary N) is 2. The number of hydrogen-bond donors (Lipinski definition) is 4. The molecule has 16 heavy (non-hydrogen) atoms. The molecule has 0 bridgehead atoms. The summed E-state index contributed by atoms with van der Waals surface area (Å²) in [6, 6.07) is -2.35. The van der Waals surface area contributed by atoms with Crippen molar-refractivity contribution in [3.8, 4) is 0 Å². The Bertz CT molecular complexity index is 281. The van der Waals surface area contributed by atoms with Crippen molar-refractivity contribution >= 4 is 17.8 Å². The highest BCUT2D eigenvalue weighted by molar-refractivity contribution is 5.90. The molecule has 0 aromatic carbocycles. The lowest BCUT2D eigenvalue weighted by atomic mass is 10.2. The molecule has 8 heteroatoms. The summed E-state index contributed by atoms with van der Waals surface area (Å²) in [5.74, 6) is -2.89. The lowest BCUT2D eigenvalue weighted by Gasteiger charge is -2.16. The second-order valence-electron chi connectivity index (χ2n) is 3.13. The predicted octanol–water partition coefficient (Wildman–Crippen LogP) is -2.60. The minimum absolute atomic E-state index is 0.0469. The number of carboxylic acids is 1. The van der Waals surface area contributed by atoms with Crippen LogP contribution in [0.25, 0.3) is 0 Å². The quantitative estimate of drug-likeness (QED) is 0.379. The second kappa shape index (κ2) is 6.75. The average Bonchev–Trinajstić information content (AvgIpc) is 2.16. The maximum Gasteiger partial charge on any atom is 0.326 e. The van der Waals surface area contributed by atoms with Gasteiger partial charge < -0.3 is 26.6 Å². The molecule has 0 aliphatic carbocycles. The summed E-state index contributed by atoms with van der Waals surface area (Å²) in [4.78, 5) is 32.5. The molecule has 0 fully saturated rings. The van der Waals surface area contributed by atoms with E-state index in [4.69, 9.17) is 16.6 Å². The highest BCUT2D eigenvalue weighted by atomic mass is 16.5. The van der Waals surface area contributed by atoms with E-state index in [1.807, 2.05) is 0 Å². The van der Waals surface area contributed by atoms with E-state index in [2.05, 4.69) is 10.1 Å². The highest BCUT2D eigenvalue weighted by Crippen LogP contribution is 1.93. The van der Waals surface area contributed by atoms with E-state index >= 15 is 0 Å². The first-order valence-corrected chi connectivity index (χ1v) is 4.44. The average molecular weight is 233 g/mol. The number of primary amides is 1. The molecule has 0 saturated heterocycles. The predicted molar refractivity (Wildman–Crippen MR) is 53.2 cm³/mol. The number of rotatable bonds is 7. The van der Waals surface area contributed by atoms with Crippen molar-refractivity contribution in [3.63, 3.8) is 0 Å². The molecule has 0 aromatic rings. The summed E-state index contributed by atoms with van der Waals surface area (Å²) < 4.78 is 4.62. The van der Waals surface area contributed by atoms with Gasteiger partial charge in [-0.2, -0.15) is 0 Å². The lowest BCUT2D eigenvalue weighted by molar-refractivity contribution is -0.143. The number of amides is 2. The number of carbonyl (C=O) groups is 3. The van der Waals surface area contributed by atoms with Gasteiger partial charge in [-0.25, -0.2) is 4.79 Å². The Kier molecular flexibility index (Phi) is 6.04. The zero-order valence-corrected chi connectivity index (χ0v) is 8.80. The van der Waals surface area contributed by atoms with Crippen LogP contribution in [-0.2, 0) is 19.1 Å². The lowest BCUT2D eigenvalue weighted by Crippen LogP contribution is -2.51. The molecule has 0 rings (SSSR count). The van der Waals surface area contributed by atoms with E-state index in [1.165, 1.54) is 7.11 Å². The van der Waals surface area contributed by atoms with E-state index < -0.39 is 36.3 Å². The minimum atomic E-state index is -1.37. The van der Waals surface area contributed by atoms with Gasteiger partial charge in [-0.3, -0.25) is 9.59 Å². The van der Waals surface area contributed by atoms with Gasteiger partial charge in [0, 0.05) is 7.11 Å². The Hall–Kier alpha value is -1.67. The van der Waals surface area contributed by atoms with Crippen LogP contribution >= 0.6 is 0 Å². The summed E-state index contributed by atoms with van der Waals surface area (Å²) in [6.45, 7) is -0.0469. The van der Waals surface area contributed by atoms with Gasteiger partial charge in [0.2, 0.25) is 11.8 Å². The van der Waals surface area contributed by atoms with Crippen LogP contribution in [0.2, 0.25) is 0 Å². The number of methoxy groups -OCH3 is 1. The zero-order chi connectivity index (χ0) is 12.7. The number of carbonyl (C=O) groups excluding carboxylic acids is 2. The van der Waals surface area contributed by atoms with E-state index in [1.54, 1.807) is 0 Å². The first kappa shape index (κ1) is 14.3. The summed E-state index contributed by atoms with van der Waals surface area (Å²) in [5, 5.41) is 10.8. The summed E-state index contributed by atoms with van der Waals surface area (Å²) in [6.07, 6.45) is -0.485. The van der Waals surface area contributed by atoms with Crippen molar-refractivity contribution in [3.05, 3.63) is 0 Å². The van der Waals surface area contributed by atoms with Crippen LogP contribution in [0.5, 0.6) is 0 Å². The van der Waals surface area contributed by atoms with Gasteiger partial charge in [-0.1, -0.05) is 0 Å². The Morgan fingerprint density at radius 1 is 1.44 bits per heavy atom. The van der Waals surface area contributed by atoms with E-state index in [0.29, 0.717) is 0 Å². The third-order valence-electron chi connectivity index (χ3n) is 1.70. The SMILES string of the molecule is COCC(N)C(=O)N[C@@H](CC(N)=O)C(=O)O. The first-order valence-electron chi connectivity index (χ1n) is 4.44. The monoisotopic (exact) mass is 233 g/mol. The molecule has 1 unspecified atom stereocenters. The number of hydrogen-bond acceptors (Lipinski definition) is 5. The molecular weight excluding hydrogens is 218 g/mol. The molecule has 0 aliphatic heterocycles. The molecule has 0 saturated carbocycles. The Morgan fingerprint density at radius 2 is 2.00 bits per heavy atom. The third kappa shape index (κ3) is 5.27. The van der Waals surface area contributed by atoms with Crippen LogP contribution in [0.1, 0.15) is 6.42 Å². The fourth-order valence-corrected chi connectivity index (χ4v) is 0.935. The van der Waals surface area contributed by atoms with Gasteiger partial charge in [0.1, 0.15) is 12.1 Å². The maximum absolute atomic E-state index is 11.3. The third-order valence-corrected chi connectivity index (χ3v) is 1.70. The van der Waals surface area contributed by atoms with Crippen molar-refractivity contribution in [1.82, 2.24) is 5.32 Å². The van der Waals surface area contributed by atoms with Gasteiger partial charge in [-0.05, 0) is 0 Å². The van der Waals surface area contributed by atoms with Gasteiger partial charge >= 0.3 is 5.97 Å². The first-order chi connectivity index (χ1) is 7.38. The zero-order valence-electron chi connectivity index (χ0n) is 8.80. The van der Waals surface area contributed by atoms with Crippen LogP contribution in [0, 0.1) is 0 Å². The van der Waals surface area contributed by atoms with Crippen LogP contribution in [0.15, 0.2) is 0 Å². The fourth-order valence-electron chi connectivity index (χ4n) is 0.935. The highest BCUT2D eigenvalue weighted by Gasteiger charge is 2.24. The standard InChI is InChI=1S/C8H15N3O5/c1-16-3-4(9)7(13)11-5(8(14)15)2-6(10)12/h4-5H,2-3,9H2,1H3,(H2,10,12)(H,11,13)(H,14,15)/t4?,5-/m0/s1. The molecule has 0 heterocycles. The Morgan fingerprint density at radius 3 is 2.38 bits per heavy atom. The molecule has 0 spiro atoms. The molecular formula is C8H15N3O5. The molecule has 0 radical (unpaired) electrons. The normalized spacial score (nSPS) is 13.9.